The van der Waals surface area contributed by atoms with E-state index in [4.69, 9.17) is 16.3 Å². The Hall–Kier alpha value is -1.66. The summed E-state index contributed by atoms with van der Waals surface area (Å²) in [6, 6.07) is 7.48. The molecule has 1 N–H and O–H groups in total. The molecule has 3 nitrogen and oxygen atoms in total. The zero-order chi connectivity index (χ0) is 12.5. The van der Waals surface area contributed by atoms with Gasteiger partial charge >= 0.3 is 0 Å². The predicted molar refractivity (Wildman–Crippen MR) is 68.2 cm³/mol. The lowest BCUT2D eigenvalue weighted by Gasteiger charge is -2.01. The number of hydrogen-bond acceptors (Lipinski definition) is 2. The molecular formula is C13H14ClNO2. The van der Waals surface area contributed by atoms with Crippen LogP contribution in [0.25, 0.3) is 0 Å². The summed E-state index contributed by atoms with van der Waals surface area (Å²) in [6.45, 7) is 0.313. The smallest absolute Gasteiger partial charge is 0.221 e. The third-order valence-electron chi connectivity index (χ3n) is 2.03. The number of hydrogen-bond donors (Lipinski definition) is 1. The molecule has 1 aromatic rings. The molecule has 0 saturated carbocycles. The minimum atomic E-state index is -0.0886. The average molecular weight is 252 g/mol. The summed E-state index contributed by atoms with van der Waals surface area (Å²) < 4.78 is 5.15. The molecule has 0 spiro atoms. The van der Waals surface area contributed by atoms with E-state index in [9.17, 15) is 4.79 Å². The maximum atomic E-state index is 11.1. The topological polar surface area (TPSA) is 38.3 Å². The van der Waals surface area contributed by atoms with Gasteiger partial charge in [-0.1, -0.05) is 24.0 Å². The number of halogens is 1. The molecule has 17 heavy (non-hydrogen) atoms. The van der Waals surface area contributed by atoms with E-state index in [2.05, 4.69) is 17.2 Å². The van der Waals surface area contributed by atoms with Crippen LogP contribution in [-0.2, 0) is 4.79 Å². The van der Waals surface area contributed by atoms with Gasteiger partial charge in [0.25, 0.3) is 0 Å². The van der Waals surface area contributed by atoms with Gasteiger partial charge in [-0.05, 0) is 12.1 Å². The van der Waals surface area contributed by atoms with Gasteiger partial charge in [0, 0.05) is 12.3 Å². The van der Waals surface area contributed by atoms with Gasteiger partial charge in [-0.2, -0.15) is 0 Å². The summed E-state index contributed by atoms with van der Waals surface area (Å²) in [5, 5.41) is 2.65. The minimum absolute atomic E-state index is 0.0886. The molecule has 0 radical (unpaired) electrons. The summed E-state index contributed by atoms with van der Waals surface area (Å²) in [7, 11) is 1.60. The van der Waals surface area contributed by atoms with E-state index in [1.165, 1.54) is 0 Å². The number of ether oxygens (including phenoxy) is 1. The summed E-state index contributed by atoms with van der Waals surface area (Å²) in [4.78, 5) is 11.1. The Morgan fingerprint density at radius 1 is 1.47 bits per heavy atom. The second-order valence-corrected chi connectivity index (χ2v) is 3.60. The summed E-state index contributed by atoms with van der Waals surface area (Å²) in [5.74, 6) is 6.76. The highest BCUT2D eigenvalue weighted by atomic mass is 35.5. The Morgan fingerprint density at radius 3 is 2.94 bits per heavy atom. The monoisotopic (exact) mass is 251 g/mol. The molecule has 0 aliphatic carbocycles. The molecule has 0 fully saturated rings. The Labute approximate surface area is 106 Å². The molecular weight excluding hydrogens is 238 g/mol. The fourth-order valence-electron chi connectivity index (χ4n) is 1.20. The Balaban J connectivity index is 2.51. The Bertz CT molecular complexity index is 435. The molecule has 0 unspecified atom stereocenters. The van der Waals surface area contributed by atoms with Crippen LogP contribution in [0.15, 0.2) is 24.3 Å². The average Bonchev–Trinajstić information content (AvgIpc) is 2.35. The fraction of sp³-hybridized carbons (Fsp3) is 0.308. The number of methoxy groups -OCH3 is 1. The largest absolute Gasteiger partial charge is 0.495 e. The zero-order valence-electron chi connectivity index (χ0n) is 9.63. The Kier molecular flexibility index (Phi) is 5.98. The molecule has 1 rings (SSSR count). The third-order valence-corrected chi connectivity index (χ3v) is 2.21. The van der Waals surface area contributed by atoms with Gasteiger partial charge in [0.15, 0.2) is 0 Å². The molecule has 90 valence electrons. The fourth-order valence-corrected chi connectivity index (χ4v) is 1.38. The van der Waals surface area contributed by atoms with E-state index < -0.39 is 0 Å². The van der Waals surface area contributed by atoms with E-state index >= 15 is 0 Å². The number of benzene rings is 1. The van der Waals surface area contributed by atoms with Crippen molar-refractivity contribution in [1.82, 2.24) is 5.32 Å². The van der Waals surface area contributed by atoms with Gasteiger partial charge in [-0.15, -0.1) is 11.6 Å². The number of alkyl halides is 1. The van der Waals surface area contributed by atoms with Crippen molar-refractivity contribution in [1.29, 1.82) is 0 Å². The normalized spacial score (nSPS) is 9.06. The number of amides is 1. The van der Waals surface area contributed by atoms with E-state index in [0.29, 0.717) is 18.8 Å². The number of para-hydroxylation sites is 1. The van der Waals surface area contributed by atoms with Crippen LogP contribution in [0, 0.1) is 11.8 Å². The maximum absolute atomic E-state index is 11.1. The molecule has 1 amide bonds. The van der Waals surface area contributed by atoms with Crippen molar-refractivity contribution >= 4 is 17.5 Å². The SMILES string of the molecule is COc1ccccc1C#CCNC(=O)CCCl. The van der Waals surface area contributed by atoms with Gasteiger partial charge in [0.2, 0.25) is 5.91 Å². The van der Waals surface area contributed by atoms with E-state index in [-0.39, 0.29) is 5.91 Å². The first-order valence-corrected chi connectivity index (χ1v) is 5.76. The summed E-state index contributed by atoms with van der Waals surface area (Å²) in [6.07, 6.45) is 0.317. The van der Waals surface area contributed by atoms with Crippen molar-refractivity contribution in [3.05, 3.63) is 29.8 Å². The van der Waals surface area contributed by atoms with Crippen LogP contribution in [0.5, 0.6) is 5.75 Å². The Morgan fingerprint density at radius 2 is 2.24 bits per heavy atom. The van der Waals surface area contributed by atoms with E-state index in [1.807, 2.05) is 24.3 Å². The molecule has 0 aromatic heterocycles. The standard InChI is InChI=1S/C13H14ClNO2/c1-17-12-7-3-2-5-11(12)6-4-10-15-13(16)8-9-14/h2-3,5,7H,8-10H2,1H3,(H,15,16). The number of nitrogens with one attached hydrogen (secondary N) is 1. The molecule has 0 bridgehead atoms. The van der Waals surface area contributed by atoms with Crippen LogP contribution in [-0.4, -0.2) is 25.4 Å². The van der Waals surface area contributed by atoms with Gasteiger partial charge in [-0.3, -0.25) is 4.79 Å². The summed E-state index contributed by atoms with van der Waals surface area (Å²) in [5.41, 5.74) is 0.807. The number of carbonyl (C=O) groups excluding carboxylic acids is 1. The molecule has 0 saturated heterocycles. The van der Waals surface area contributed by atoms with Crippen molar-refractivity contribution < 1.29 is 9.53 Å². The zero-order valence-corrected chi connectivity index (χ0v) is 10.4. The second-order valence-electron chi connectivity index (χ2n) is 3.22. The number of rotatable bonds is 4. The minimum Gasteiger partial charge on any atom is -0.495 e. The highest BCUT2D eigenvalue weighted by molar-refractivity contribution is 6.18. The van der Waals surface area contributed by atoms with Crippen molar-refractivity contribution in [2.45, 2.75) is 6.42 Å². The molecule has 0 heterocycles. The lowest BCUT2D eigenvalue weighted by Crippen LogP contribution is -2.23. The van der Waals surface area contributed by atoms with Crippen molar-refractivity contribution in [3.63, 3.8) is 0 Å². The predicted octanol–water partition coefficient (Wildman–Crippen LogP) is 1.79. The second kappa shape index (κ2) is 7.59. The first-order chi connectivity index (χ1) is 8.27. The van der Waals surface area contributed by atoms with Crippen LogP contribution in [0.2, 0.25) is 0 Å². The highest BCUT2D eigenvalue weighted by Gasteiger charge is 1.97. The van der Waals surface area contributed by atoms with Crippen molar-refractivity contribution in [2.24, 2.45) is 0 Å². The molecule has 0 aliphatic heterocycles. The summed E-state index contributed by atoms with van der Waals surface area (Å²) >= 11 is 5.43. The van der Waals surface area contributed by atoms with E-state index in [0.717, 1.165) is 11.3 Å². The number of carbonyl (C=O) groups is 1. The van der Waals surface area contributed by atoms with Crippen LogP contribution < -0.4 is 10.1 Å². The lowest BCUT2D eigenvalue weighted by molar-refractivity contribution is -0.120. The molecule has 0 atom stereocenters. The van der Waals surface area contributed by atoms with Crippen molar-refractivity contribution in [2.75, 3.05) is 19.5 Å². The molecule has 4 heteroatoms. The first-order valence-electron chi connectivity index (χ1n) is 5.22. The van der Waals surface area contributed by atoms with Gasteiger partial charge < -0.3 is 10.1 Å². The van der Waals surface area contributed by atoms with Gasteiger partial charge in [0.05, 0.1) is 19.2 Å². The van der Waals surface area contributed by atoms with Crippen LogP contribution in [0.4, 0.5) is 0 Å². The van der Waals surface area contributed by atoms with Gasteiger partial charge in [-0.25, -0.2) is 0 Å². The quantitative estimate of drug-likeness (QED) is 0.655. The van der Waals surface area contributed by atoms with Crippen LogP contribution >= 0.6 is 11.6 Å². The third kappa shape index (κ3) is 4.80. The van der Waals surface area contributed by atoms with E-state index in [1.54, 1.807) is 7.11 Å². The molecule has 1 aromatic carbocycles. The maximum Gasteiger partial charge on any atom is 0.221 e. The highest BCUT2D eigenvalue weighted by Crippen LogP contribution is 2.15. The lowest BCUT2D eigenvalue weighted by atomic mass is 10.2. The van der Waals surface area contributed by atoms with Gasteiger partial charge in [0.1, 0.15) is 5.75 Å². The first kappa shape index (κ1) is 13.4. The molecule has 0 aliphatic rings. The van der Waals surface area contributed by atoms with Crippen LogP contribution in [0.1, 0.15) is 12.0 Å². The van der Waals surface area contributed by atoms with Crippen molar-refractivity contribution in [3.8, 4) is 17.6 Å². The van der Waals surface area contributed by atoms with Crippen LogP contribution in [0.3, 0.4) is 0 Å².